The van der Waals surface area contributed by atoms with Crippen LogP contribution in [0.2, 0.25) is 0 Å². The summed E-state index contributed by atoms with van der Waals surface area (Å²) in [5.41, 5.74) is 6.44. The number of hydrogen-bond donors (Lipinski definition) is 3. The summed E-state index contributed by atoms with van der Waals surface area (Å²) in [6, 6.07) is 3.01. The van der Waals surface area contributed by atoms with E-state index in [1.54, 1.807) is 6.07 Å². The lowest BCUT2D eigenvalue weighted by Crippen LogP contribution is -2.43. The van der Waals surface area contributed by atoms with E-state index in [1.165, 1.54) is 35.4 Å². The molecule has 178 valence electrons. The number of hydrogen-bond acceptors (Lipinski definition) is 9. The molecule has 34 heavy (non-hydrogen) atoms. The van der Waals surface area contributed by atoms with Gasteiger partial charge in [-0.1, -0.05) is 0 Å². The molecule has 1 aliphatic rings. The normalized spacial score (nSPS) is 12.2. The molecule has 12 nitrogen and oxygen atoms in total. The van der Waals surface area contributed by atoms with Crippen LogP contribution in [0.1, 0.15) is 43.5 Å². The Balaban J connectivity index is 1.34. The molecule has 0 unspecified atom stereocenters. The molecule has 0 saturated carbocycles. The van der Waals surface area contributed by atoms with Gasteiger partial charge in [0.15, 0.2) is 10.9 Å². The molecule has 4 rings (SSSR count). The number of thiophene rings is 1. The Morgan fingerprint density at radius 2 is 2.18 bits per heavy atom. The summed E-state index contributed by atoms with van der Waals surface area (Å²) in [5.74, 6) is -0.986. The van der Waals surface area contributed by atoms with Gasteiger partial charge in [-0.25, -0.2) is 4.79 Å². The summed E-state index contributed by atoms with van der Waals surface area (Å²) in [7, 11) is 1.33. The van der Waals surface area contributed by atoms with Crippen molar-refractivity contribution in [1.82, 2.24) is 20.6 Å². The average molecular weight is 569 g/mol. The maximum atomic E-state index is 12.4. The predicted octanol–water partition coefficient (Wildman–Crippen LogP) is 3.16. The number of fused-ring (bicyclic) bond motifs is 1. The Hall–Kier alpha value is -3.30. The molecule has 0 aromatic carbocycles. The molecular weight excluding hydrogens is 552 g/mol. The van der Waals surface area contributed by atoms with Gasteiger partial charge in [-0.05, 0) is 70.0 Å². The van der Waals surface area contributed by atoms with Crippen LogP contribution in [0.15, 0.2) is 27.2 Å². The van der Waals surface area contributed by atoms with Crippen LogP contribution in [-0.2, 0) is 24.1 Å². The van der Waals surface area contributed by atoms with Crippen molar-refractivity contribution in [3.63, 3.8) is 0 Å². The zero-order chi connectivity index (χ0) is 24.4. The zero-order valence-corrected chi connectivity index (χ0v) is 20.8. The molecule has 0 saturated heterocycles. The minimum atomic E-state index is -0.609. The zero-order valence-electron chi connectivity index (χ0n) is 17.5. The van der Waals surface area contributed by atoms with Crippen molar-refractivity contribution in [2.45, 2.75) is 25.8 Å². The van der Waals surface area contributed by atoms with Gasteiger partial charge in [-0.3, -0.25) is 15.6 Å². The Kier molecular flexibility index (Phi) is 6.95. The number of halogens is 1. The second-order valence-electron chi connectivity index (χ2n) is 7.11. The number of nitrogens with one attached hydrogen (secondary N) is 3. The van der Waals surface area contributed by atoms with Crippen molar-refractivity contribution in [3.05, 3.63) is 60.4 Å². The van der Waals surface area contributed by atoms with E-state index in [1.807, 2.05) is 0 Å². The number of thiocarbonyl (C=S) groups is 1. The first-order valence-corrected chi connectivity index (χ1v) is 11.8. The van der Waals surface area contributed by atoms with Crippen molar-refractivity contribution in [3.8, 4) is 0 Å². The minimum Gasteiger partial charge on any atom is -0.465 e. The fraction of sp³-hybridized carbons (Fsp3) is 0.263. The van der Waals surface area contributed by atoms with Gasteiger partial charge < -0.3 is 24.6 Å². The van der Waals surface area contributed by atoms with Gasteiger partial charge in [0.1, 0.15) is 21.8 Å². The molecule has 3 heterocycles. The summed E-state index contributed by atoms with van der Waals surface area (Å²) >= 11 is 9.75. The van der Waals surface area contributed by atoms with Gasteiger partial charge in [-0.15, -0.1) is 11.3 Å². The van der Waals surface area contributed by atoms with Crippen molar-refractivity contribution in [2.75, 3.05) is 12.4 Å². The molecule has 0 atom stereocenters. The number of hydrazine groups is 1. The first kappa shape index (κ1) is 23.8. The molecule has 3 aromatic rings. The third-order valence-electron chi connectivity index (χ3n) is 4.90. The minimum absolute atomic E-state index is 0.00336. The van der Waals surface area contributed by atoms with Crippen LogP contribution in [0.3, 0.4) is 0 Å². The van der Waals surface area contributed by atoms with E-state index in [0.717, 1.165) is 29.7 Å². The molecule has 0 aliphatic heterocycles. The standard InChI is InChI=1S/C19H17BrN6O6S2/c1-31-18(28)14-10-3-2-4-13(10)34-17(14)21-19(33)23-22-16(27)12-6-5-9(32-12)7-25-8-11(20)15(24-25)26(29)30/h5-6,8H,2-4,7H2,1H3,(H,22,27)(H2,21,23,33). The molecule has 3 N–H and O–H groups in total. The number of nitro groups is 1. The summed E-state index contributed by atoms with van der Waals surface area (Å²) < 4.78 is 11.9. The Morgan fingerprint density at radius 3 is 2.88 bits per heavy atom. The highest BCUT2D eigenvalue weighted by molar-refractivity contribution is 9.10. The van der Waals surface area contributed by atoms with Gasteiger partial charge in [-0.2, -0.15) is 4.68 Å². The van der Waals surface area contributed by atoms with Crippen molar-refractivity contribution in [1.29, 1.82) is 0 Å². The highest BCUT2D eigenvalue weighted by Gasteiger charge is 2.27. The second-order valence-corrected chi connectivity index (χ2v) is 9.48. The van der Waals surface area contributed by atoms with Crippen LogP contribution < -0.4 is 16.2 Å². The van der Waals surface area contributed by atoms with Crippen LogP contribution >= 0.6 is 39.5 Å². The first-order chi connectivity index (χ1) is 16.3. The van der Waals surface area contributed by atoms with E-state index < -0.39 is 16.8 Å². The summed E-state index contributed by atoms with van der Waals surface area (Å²) in [6.45, 7) is 0.0897. The SMILES string of the molecule is COC(=O)c1c(NC(=S)NNC(=O)c2ccc(Cn3cc(Br)c([N+](=O)[O-])n3)o2)sc2c1CCC2. The highest BCUT2D eigenvalue weighted by Crippen LogP contribution is 2.39. The van der Waals surface area contributed by atoms with Gasteiger partial charge in [0.2, 0.25) is 0 Å². The maximum Gasteiger partial charge on any atom is 0.404 e. The third-order valence-corrected chi connectivity index (χ3v) is 6.87. The fourth-order valence-corrected chi connectivity index (χ4v) is 5.42. The number of rotatable bonds is 6. The number of carbonyl (C=O) groups excluding carboxylic acids is 2. The number of methoxy groups -OCH3 is 1. The number of amides is 1. The molecule has 15 heteroatoms. The van der Waals surface area contributed by atoms with E-state index in [-0.39, 0.29) is 27.7 Å². The number of carbonyl (C=O) groups is 2. The lowest BCUT2D eigenvalue weighted by molar-refractivity contribution is -0.390. The smallest absolute Gasteiger partial charge is 0.404 e. The number of furan rings is 1. The fourth-order valence-electron chi connectivity index (χ4n) is 3.46. The summed E-state index contributed by atoms with van der Waals surface area (Å²) in [5, 5.41) is 18.3. The molecule has 0 radical (unpaired) electrons. The summed E-state index contributed by atoms with van der Waals surface area (Å²) in [4.78, 5) is 36.0. The summed E-state index contributed by atoms with van der Waals surface area (Å²) in [6.07, 6.45) is 4.13. The number of aryl methyl sites for hydroxylation is 1. The van der Waals surface area contributed by atoms with E-state index in [2.05, 4.69) is 37.2 Å². The Morgan fingerprint density at radius 1 is 1.38 bits per heavy atom. The van der Waals surface area contributed by atoms with E-state index in [4.69, 9.17) is 21.4 Å². The molecular formula is C19H17BrN6O6S2. The van der Waals surface area contributed by atoms with Crippen molar-refractivity contribution < 1.29 is 23.7 Å². The third kappa shape index (κ3) is 4.95. The van der Waals surface area contributed by atoms with E-state index in [9.17, 15) is 19.7 Å². The average Bonchev–Trinajstić information content (AvgIpc) is 3.56. The molecule has 0 spiro atoms. The first-order valence-electron chi connectivity index (χ1n) is 9.83. The monoisotopic (exact) mass is 568 g/mol. The second kappa shape index (κ2) is 9.90. The van der Waals surface area contributed by atoms with Gasteiger partial charge in [0.05, 0.1) is 24.0 Å². The predicted molar refractivity (Wildman–Crippen MR) is 129 cm³/mol. The van der Waals surface area contributed by atoms with E-state index in [0.29, 0.717) is 16.3 Å². The van der Waals surface area contributed by atoms with Crippen LogP contribution in [0.25, 0.3) is 0 Å². The van der Waals surface area contributed by atoms with Crippen molar-refractivity contribution in [2.24, 2.45) is 0 Å². The quantitative estimate of drug-likeness (QED) is 0.175. The number of ether oxygens (including phenoxy) is 1. The van der Waals surface area contributed by atoms with Crippen LogP contribution in [0.5, 0.6) is 0 Å². The van der Waals surface area contributed by atoms with Crippen molar-refractivity contribution >= 4 is 67.3 Å². The highest BCUT2D eigenvalue weighted by atomic mass is 79.9. The van der Waals surface area contributed by atoms with Gasteiger partial charge in [0.25, 0.3) is 0 Å². The topological polar surface area (TPSA) is 154 Å². The number of nitrogens with zero attached hydrogens (tertiary/aromatic N) is 3. The Labute approximate surface area is 209 Å². The van der Waals surface area contributed by atoms with Crippen LogP contribution in [0.4, 0.5) is 10.8 Å². The lowest BCUT2D eigenvalue weighted by atomic mass is 10.1. The maximum absolute atomic E-state index is 12.4. The van der Waals surface area contributed by atoms with Gasteiger partial charge >= 0.3 is 17.7 Å². The molecule has 0 bridgehead atoms. The largest absolute Gasteiger partial charge is 0.465 e. The molecule has 3 aromatic heterocycles. The molecule has 1 aliphatic carbocycles. The lowest BCUT2D eigenvalue weighted by Gasteiger charge is -2.11. The van der Waals surface area contributed by atoms with Gasteiger partial charge in [0, 0.05) is 4.88 Å². The van der Waals surface area contributed by atoms with Crippen LogP contribution in [-0.4, -0.2) is 38.8 Å². The number of anilines is 1. The molecule has 1 amide bonds. The Bertz CT molecular complexity index is 1300. The van der Waals surface area contributed by atoms with Crippen LogP contribution in [0, 0.1) is 10.1 Å². The number of aromatic nitrogens is 2. The van der Waals surface area contributed by atoms with E-state index >= 15 is 0 Å². The molecule has 0 fully saturated rings. The number of esters is 1.